The molecule has 3 nitrogen and oxygen atoms in total. The molecule has 1 aromatic carbocycles. The Morgan fingerprint density at radius 3 is 2.08 bits per heavy atom. The number of Topliss-reactive ketones (excluding diaryl/α,β-unsaturated/α-hetero) is 1. The maximum absolute atomic E-state index is 11.3. The molecule has 60 valence electrons. The van der Waals surface area contributed by atoms with Gasteiger partial charge >= 0.3 is 0 Å². The first kappa shape index (κ1) is 6.91. The number of benzene rings is 1. The zero-order valence-corrected chi connectivity index (χ0v) is 6.37. The second kappa shape index (κ2) is 2.11. The first-order valence-electron chi connectivity index (χ1n) is 3.61. The molecule has 0 fully saturated rings. The van der Waals surface area contributed by atoms with Crippen LogP contribution in [0.2, 0.25) is 0 Å². The molecule has 1 aromatic rings. The lowest BCUT2D eigenvalue weighted by atomic mass is 10.1. The van der Waals surface area contributed by atoms with Crippen LogP contribution < -0.4 is 11.5 Å². The van der Waals surface area contributed by atoms with Gasteiger partial charge in [-0.05, 0) is 0 Å². The van der Waals surface area contributed by atoms with Crippen LogP contribution in [0.1, 0.15) is 15.9 Å². The maximum atomic E-state index is 11.3. The fourth-order valence-corrected chi connectivity index (χ4v) is 1.33. The predicted molar refractivity (Wildman–Crippen MR) is 46.1 cm³/mol. The van der Waals surface area contributed by atoms with E-state index in [1.165, 1.54) is 0 Å². The lowest BCUT2D eigenvalue weighted by Crippen LogP contribution is -2.09. The minimum absolute atomic E-state index is 0.163. The molecular weight excluding hydrogens is 152 g/mol. The van der Waals surface area contributed by atoms with Crippen molar-refractivity contribution in [1.82, 2.24) is 0 Å². The molecule has 0 radical (unpaired) electrons. The van der Waals surface area contributed by atoms with Crippen molar-refractivity contribution in [3.8, 4) is 0 Å². The van der Waals surface area contributed by atoms with Gasteiger partial charge in [-0.15, -0.1) is 0 Å². The van der Waals surface area contributed by atoms with Crippen LogP contribution in [0.25, 0.3) is 5.70 Å². The van der Waals surface area contributed by atoms with Crippen molar-refractivity contribution >= 4 is 11.5 Å². The smallest absolute Gasteiger partial charge is 0.211 e. The zero-order chi connectivity index (χ0) is 8.72. The summed E-state index contributed by atoms with van der Waals surface area (Å²) >= 11 is 0. The molecule has 0 amide bonds. The van der Waals surface area contributed by atoms with Crippen LogP contribution in [0.15, 0.2) is 30.0 Å². The molecule has 0 heterocycles. The van der Waals surface area contributed by atoms with Crippen LogP contribution in [0.5, 0.6) is 0 Å². The number of rotatable bonds is 0. The van der Waals surface area contributed by atoms with Crippen LogP contribution >= 0.6 is 0 Å². The summed E-state index contributed by atoms with van der Waals surface area (Å²) in [6, 6.07) is 7.15. The van der Waals surface area contributed by atoms with Gasteiger partial charge in [-0.3, -0.25) is 4.79 Å². The average molecular weight is 160 g/mol. The van der Waals surface area contributed by atoms with Crippen molar-refractivity contribution in [1.29, 1.82) is 0 Å². The zero-order valence-electron chi connectivity index (χ0n) is 6.37. The number of nitrogens with two attached hydrogens (primary N) is 2. The fourth-order valence-electron chi connectivity index (χ4n) is 1.33. The van der Waals surface area contributed by atoms with Gasteiger partial charge in [0.05, 0.1) is 5.70 Å². The monoisotopic (exact) mass is 160 g/mol. The number of allylic oxidation sites excluding steroid dienone is 1. The summed E-state index contributed by atoms with van der Waals surface area (Å²) in [4.78, 5) is 11.3. The number of carbonyl (C=O) groups is 1. The minimum Gasteiger partial charge on any atom is -0.396 e. The van der Waals surface area contributed by atoms with E-state index in [-0.39, 0.29) is 11.5 Å². The largest absolute Gasteiger partial charge is 0.396 e. The molecule has 4 N–H and O–H groups in total. The first-order valence-corrected chi connectivity index (χ1v) is 3.61. The molecule has 1 aliphatic carbocycles. The molecule has 1 aliphatic rings. The molecule has 0 aromatic heterocycles. The van der Waals surface area contributed by atoms with Crippen LogP contribution in [0.4, 0.5) is 0 Å². The lowest BCUT2D eigenvalue weighted by Gasteiger charge is -1.95. The van der Waals surface area contributed by atoms with Crippen molar-refractivity contribution in [2.24, 2.45) is 11.5 Å². The van der Waals surface area contributed by atoms with Crippen molar-refractivity contribution < 1.29 is 4.79 Å². The topological polar surface area (TPSA) is 69.1 Å². The molecule has 12 heavy (non-hydrogen) atoms. The Kier molecular flexibility index (Phi) is 1.21. The standard InChI is InChI=1S/C9H8N2O/c10-7-5-3-1-2-4-6(5)9(12)8(7)11/h1-4H,(H4,10,11,12). The Morgan fingerprint density at radius 2 is 1.50 bits per heavy atom. The minimum atomic E-state index is -0.164. The summed E-state index contributed by atoms with van der Waals surface area (Å²) in [5, 5.41) is 0. The first-order chi connectivity index (χ1) is 5.72. The molecule has 0 unspecified atom stereocenters. The molecule has 0 atom stereocenters. The maximum Gasteiger partial charge on any atom is 0.211 e. The summed E-state index contributed by atoms with van der Waals surface area (Å²) in [5.41, 5.74) is 13.0. The second-order valence-electron chi connectivity index (χ2n) is 2.70. The predicted octanol–water partition coefficient (Wildman–Crippen LogP) is 0.469. The van der Waals surface area contributed by atoms with Gasteiger partial charge in [0.2, 0.25) is 5.78 Å². The molecule has 0 saturated heterocycles. The fraction of sp³-hybridized carbons (Fsp3) is 0. The molecule has 0 bridgehead atoms. The van der Waals surface area contributed by atoms with E-state index >= 15 is 0 Å². The van der Waals surface area contributed by atoms with E-state index in [0.29, 0.717) is 11.3 Å². The van der Waals surface area contributed by atoms with E-state index in [4.69, 9.17) is 11.5 Å². The molecule has 0 saturated carbocycles. The van der Waals surface area contributed by atoms with Gasteiger partial charge in [-0.1, -0.05) is 24.3 Å². The summed E-state index contributed by atoms with van der Waals surface area (Å²) in [6.07, 6.45) is 0. The number of hydrogen-bond donors (Lipinski definition) is 2. The average Bonchev–Trinajstić information content (AvgIpc) is 2.33. The third-order valence-electron chi connectivity index (χ3n) is 2.00. The van der Waals surface area contributed by atoms with Gasteiger partial charge in [-0.25, -0.2) is 0 Å². The van der Waals surface area contributed by atoms with E-state index in [1.54, 1.807) is 18.2 Å². The van der Waals surface area contributed by atoms with Crippen molar-refractivity contribution in [3.05, 3.63) is 41.1 Å². The quantitative estimate of drug-likeness (QED) is 0.579. The van der Waals surface area contributed by atoms with Crippen LogP contribution in [0, 0.1) is 0 Å². The molecular formula is C9H8N2O. The van der Waals surface area contributed by atoms with Gasteiger partial charge in [0.25, 0.3) is 0 Å². The van der Waals surface area contributed by atoms with Crippen molar-refractivity contribution in [2.45, 2.75) is 0 Å². The number of carbonyl (C=O) groups excluding carboxylic acids is 1. The highest BCUT2D eigenvalue weighted by molar-refractivity contribution is 6.19. The summed E-state index contributed by atoms with van der Waals surface area (Å²) in [7, 11) is 0. The van der Waals surface area contributed by atoms with Gasteiger partial charge in [0.15, 0.2) is 0 Å². The number of hydrogen-bond acceptors (Lipinski definition) is 3. The molecule has 0 spiro atoms. The van der Waals surface area contributed by atoms with Gasteiger partial charge in [0, 0.05) is 11.1 Å². The highest BCUT2D eigenvalue weighted by atomic mass is 16.1. The van der Waals surface area contributed by atoms with Crippen LogP contribution in [-0.4, -0.2) is 5.78 Å². The highest BCUT2D eigenvalue weighted by Crippen LogP contribution is 2.25. The Hall–Kier alpha value is -1.77. The Bertz CT molecular complexity index is 393. The van der Waals surface area contributed by atoms with E-state index in [9.17, 15) is 4.79 Å². The van der Waals surface area contributed by atoms with E-state index in [2.05, 4.69) is 0 Å². The van der Waals surface area contributed by atoms with E-state index in [0.717, 1.165) is 5.56 Å². The van der Waals surface area contributed by atoms with Crippen LogP contribution in [-0.2, 0) is 0 Å². The lowest BCUT2D eigenvalue weighted by molar-refractivity contribution is 0.103. The second-order valence-corrected chi connectivity index (χ2v) is 2.70. The third-order valence-corrected chi connectivity index (χ3v) is 2.00. The molecule has 0 aliphatic heterocycles. The number of fused-ring (bicyclic) bond motifs is 1. The number of ketones is 1. The SMILES string of the molecule is NC1=C(N)c2ccccc2C1=O. The van der Waals surface area contributed by atoms with E-state index < -0.39 is 0 Å². The Morgan fingerprint density at radius 1 is 0.917 bits per heavy atom. The van der Waals surface area contributed by atoms with Crippen LogP contribution in [0.3, 0.4) is 0 Å². The Labute approximate surface area is 69.7 Å². The van der Waals surface area contributed by atoms with Crippen molar-refractivity contribution in [3.63, 3.8) is 0 Å². The highest BCUT2D eigenvalue weighted by Gasteiger charge is 2.24. The molecule has 2 rings (SSSR count). The van der Waals surface area contributed by atoms with Gasteiger partial charge in [-0.2, -0.15) is 0 Å². The summed E-state index contributed by atoms with van der Waals surface area (Å²) in [6.45, 7) is 0. The van der Waals surface area contributed by atoms with E-state index in [1.807, 2.05) is 6.07 Å². The summed E-state index contributed by atoms with van der Waals surface area (Å²) in [5.74, 6) is -0.164. The summed E-state index contributed by atoms with van der Waals surface area (Å²) < 4.78 is 0. The van der Waals surface area contributed by atoms with Gasteiger partial charge < -0.3 is 11.5 Å². The third kappa shape index (κ3) is 0.676. The molecule has 3 heteroatoms. The normalized spacial score (nSPS) is 15.2. The van der Waals surface area contributed by atoms with Gasteiger partial charge in [0.1, 0.15) is 5.70 Å². The van der Waals surface area contributed by atoms with Crippen molar-refractivity contribution in [2.75, 3.05) is 0 Å². The Balaban J connectivity index is 2.73.